The van der Waals surface area contributed by atoms with Crippen molar-refractivity contribution >= 4 is 24.0 Å². The first kappa shape index (κ1) is 20.5. The van der Waals surface area contributed by atoms with E-state index in [2.05, 4.69) is 41.7 Å². The predicted molar refractivity (Wildman–Crippen MR) is 121 cm³/mol. The molecule has 0 aliphatic carbocycles. The average molecular weight is 421 g/mol. The number of para-hydroxylation sites is 1. The van der Waals surface area contributed by atoms with Gasteiger partial charge in [0.25, 0.3) is 0 Å². The number of methoxy groups -OCH3 is 1. The first-order valence-corrected chi connectivity index (χ1v) is 10.1. The van der Waals surface area contributed by atoms with Crippen molar-refractivity contribution in [2.75, 3.05) is 18.6 Å². The van der Waals surface area contributed by atoms with Crippen LogP contribution < -0.4 is 15.0 Å². The molecule has 5 heteroatoms. The molecule has 5 rings (SSSR count). The third-order valence-corrected chi connectivity index (χ3v) is 6.30. The fourth-order valence-electron chi connectivity index (χ4n) is 4.93. The van der Waals surface area contributed by atoms with Gasteiger partial charge in [0.1, 0.15) is 5.75 Å². The standard InChI is InChI=1S/C25H24N2O2.ClH/c1-29-20-13-11-19(12-14-20)23-25(15-16-26-23)21-9-5-6-10-22(21)27(24(25)28)17-18-7-3-2-4-8-18;/h2-14,23,26H,15-17H2,1H3;1H/t23-,25?;/m0./s1. The van der Waals surface area contributed by atoms with Crippen molar-refractivity contribution < 1.29 is 9.53 Å². The monoisotopic (exact) mass is 420 g/mol. The molecule has 1 amide bonds. The first-order valence-electron chi connectivity index (χ1n) is 10.1. The maximum Gasteiger partial charge on any atom is 0.240 e. The quantitative estimate of drug-likeness (QED) is 0.668. The van der Waals surface area contributed by atoms with E-state index in [0.29, 0.717) is 6.54 Å². The van der Waals surface area contributed by atoms with E-state index >= 15 is 0 Å². The largest absolute Gasteiger partial charge is 0.497 e. The number of anilines is 1. The Hall–Kier alpha value is -2.82. The van der Waals surface area contributed by atoms with E-state index in [9.17, 15) is 4.79 Å². The molecule has 4 nitrogen and oxygen atoms in total. The molecule has 0 bridgehead atoms. The summed E-state index contributed by atoms with van der Waals surface area (Å²) in [6.45, 7) is 1.41. The van der Waals surface area contributed by atoms with Crippen LogP contribution in [0.25, 0.3) is 0 Å². The fourth-order valence-corrected chi connectivity index (χ4v) is 4.93. The van der Waals surface area contributed by atoms with Crippen molar-refractivity contribution in [3.63, 3.8) is 0 Å². The normalized spacial score (nSPS) is 22.1. The van der Waals surface area contributed by atoms with Crippen LogP contribution in [0.1, 0.15) is 29.2 Å². The number of amides is 1. The number of hydrogen-bond acceptors (Lipinski definition) is 3. The van der Waals surface area contributed by atoms with Gasteiger partial charge in [-0.25, -0.2) is 0 Å². The van der Waals surface area contributed by atoms with Gasteiger partial charge >= 0.3 is 0 Å². The van der Waals surface area contributed by atoms with E-state index in [-0.39, 0.29) is 24.4 Å². The van der Waals surface area contributed by atoms with E-state index in [4.69, 9.17) is 4.74 Å². The summed E-state index contributed by atoms with van der Waals surface area (Å²) in [4.78, 5) is 15.9. The van der Waals surface area contributed by atoms with E-state index in [1.54, 1.807) is 7.11 Å². The highest BCUT2D eigenvalue weighted by Gasteiger charge is 2.57. The molecule has 0 aromatic heterocycles. The summed E-state index contributed by atoms with van der Waals surface area (Å²) in [6.07, 6.45) is 0.796. The van der Waals surface area contributed by atoms with Gasteiger partial charge in [0, 0.05) is 5.69 Å². The molecule has 2 aliphatic rings. The highest BCUT2D eigenvalue weighted by atomic mass is 35.5. The Balaban J connectivity index is 0.00000218. The van der Waals surface area contributed by atoms with E-state index < -0.39 is 5.41 Å². The number of hydrogen-bond donors (Lipinski definition) is 1. The van der Waals surface area contributed by atoms with Crippen LogP contribution in [-0.2, 0) is 16.8 Å². The van der Waals surface area contributed by atoms with Crippen LogP contribution in [0.4, 0.5) is 5.69 Å². The SMILES string of the molecule is COc1ccc([C@@H]2NCCC23C(=O)N(Cc2ccccc2)c2ccccc23)cc1.Cl. The molecule has 0 radical (unpaired) electrons. The zero-order valence-electron chi connectivity index (χ0n) is 16.9. The fraction of sp³-hybridized carbons (Fsp3) is 0.240. The maximum atomic E-state index is 14.0. The lowest BCUT2D eigenvalue weighted by Gasteiger charge is -2.31. The Labute approximate surface area is 183 Å². The minimum absolute atomic E-state index is 0. The smallest absolute Gasteiger partial charge is 0.240 e. The van der Waals surface area contributed by atoms with Gasteiger partial charge in [0.15, 0.2) is 0 Å². The van der Waals surface area contributed by atoms with Gasteiger partial charge in [0.05, 0.1) is 25.1 Å². The van der Waals surface area contributed by atoms with Crippen LogP contribution >= 0.6 is 12.4 Å². The maximum absolute atomic E-state index is 14.0. The van der Waals surface area contributed by atoms with Crippen molar-refractivity contribution in [3.05, 3.63) is 95.6 Å². The number of nitrogens with zero attached hydrogens (tertiary/aromatic N) is 1. The third-order valence-electron chi connectivity index (χ3n) is 6.30. The molecule has 3 aromatic carbocycles. The van der Waals surface area contributed by atoms with E-state index in [1.807, 2.05) is 47.4 Å². The summed E-state index contributed by atoms with van der Waals surface area (Å²) in [7, 11) is 1.67. The topological polar surface area (TPSA) is 41.6 Å². The predicted octanol–water partition coefficient (Wildman–Crippen LogP) is 4.64. The molecule has 1 spiro atoms. The molecule has 1 N–H and O–H groups in total. The van der Waals surface area contributed by atoms with Crippen molar-refractivity contribution in [1.29, 1.82) is 0 Å². The highest BCUT2D eigenvalue weighted by Crippen LogP contribution is 2.53. The number of rotatable bonds is 4. The molecular weight excluding hydrogens is 396 g/mol. The number of carbonyl (C=O) groups is 1. The van der Waals surface area contributed by atoms with Gasteiger partial charge in [-0.05, 0) is 47.9 Å². The first-order chi connectivity index (χ1) is 14.2. The van der Waals surface area contributed by atoms with Crippen molar-refractivity contribution in [1.82, 2.24) is 5.32 Å². The Bertz CT molecular complexity index is 1040. The van der Waals surface area contributed by atoms with Crippen molar-refractivity contribution in [2.24, 2.45) is 0 Å². The van der Waals surface area contributed by atoms with Crippen LogP contribution in [0.15, 0.2) is 78.9 Å². The lowest BCUT2D eigenvalue weighted by molar-refractivity contribution is -0.123. The van der Waals surface area contributed by atoms with Gasteiger partial charge in [-0.1, -0.05) is 60.7 Å². The molecule has 3 aromatic rings. The van der Waals surface area contributed by atoms with E-state index in [0.717, 1.165) is 41.1 Å². The number of halogens is 1. The van der Waals surface area contributed by atoms with Crippen LogP contribution in [0.2, 0.25) is 0 Å². The summed E-state index contributed by atoms with van der Waals surface area (Å²) < 4.78 is 5.31. The summed E-state index contributed by atoms with van der Waals surface area (Å²) in [5.41, 5.74) is 3.85. The zero-order valence-corrected chi connectivity index (χ0v) is 17.7. The molecule has 30 heavy (non-hydrogen) atoms. The Morgan fingerprint density at radius 2 is 1.70 bits per heavy atom. The number of ether oxygens (including phenoxy) is 1. The molecular formula is C25H25ClN2O2. The van der Waals surface area contributed by atoms with Gasteiger partial charge in [-0.2, -0.15) is 0 Å². The molecule has 1 saturated heterocycles. The highest BCUT2D eigenvalue weighted by molar-refractivity contribution is 6.09. The molecule has 2 atom stereocenters. The minimum atomic E-state index is -0.569. The molecule has 0 saturated carbocycles. The molecule has 1 fully saturated rings. The lowest BCUT2D eigenvalue weighted by atomic mass is 9.73. The molecule has 154 valence electrons. The third kappa shape index (κ3) is 3.08. The van der Waals surface area contributed by atoms with Gasteiger partial charge in [0.2, 0.25) is 5.91 Å². The molecule has 1 unspecified atom stereocenters. The summed E-state index contributed by atoms with van der Waals surface area (Å²) in [6, 6.07) is 26.5. The number of nitrogens with one attached hydrogen (secondary N) is 1. The Morgan fingerprint density at radius 1 is 1.00 bits per heavy atom. The van der Waals surface area contributed by atoms with Crippen molar-refractivity contribution in [3.8, 4) is 5.75 Å². The zero-order chi connectivity index (χ0) is 19.8. The summed E-state index contributed by atoms with van der Waals surface area (Å²) in [5.74, 6) is 1.01. The van der Waals surface area contributed by atoms with Crippen LogP contribution in [0.3, 0.4) is 0 Å². The van der Waals surface area contributed by atoms with E-state index in [1.165, 1.54) is 0 Å². The van der Waals surface area contributed by atoms with Gasteiger partial charge < -0.3 is 15.0 Å². The van der Waals surface area contributed by atoms with Crippen LogP contribution in [-0.4, -0.2) is 19.6 Å². The second-order valence-corrected chi connectivity index (χ2v) is 7.78. The van der Waals surface area contributed by atoms with Crippen molar-refractivity contribution in [2.45, 2.75) is 24.4 Å². The second-order valence-electron chi connectivity index (χ2n) is 7.78. The van der Waals surface area contributed by atoms with Crippen LogP contribution in [0.5, 0.6) is 5.75 Å². The minimum Gasteiger partial charge on any atom is -0.497 e. The molecule has 2 heterocycles. The number of benzene rings is 3. The Morgan fingerprint density at radius 3 is 2.43 bits per heavy atom. The lowest BCUT2D eigenvalue weighted by Crippen LogP contribution is -2.43. The van der Waals surface area contributed by atoms with Gasteiger partial charge in [-0.3, -0.25) is 4.79 Å². The van der Waals surface area contributed by atoms with Gasteiger partial charge in [-0.15, -0.1) is 12.4 Å². The summed E-state index contributed by atoms with van der Waals surface area (Å²) in [5, 5.41) is 3.61. The molecule has 2 aliphatic heterocycles. The second kappa shape index (κ2) is 8.13. The Kier molecular flexibility index (Phi) is 5.54. The summed E-state index contributed by atoms with van der Waals surface area (Å²) >= 11 is 0. The number of fused-ring (bicyclic) bond motifs is 2. The number of carbonyl (C=O) groups excluding carboxylic acids is 1. The average Bonchev–Trinajstić information content (AvgIpc) is 3.32. The van der Waals surface area contributed by atoms with Crippen LogP contribution in [0, 0.1) is 0 Å².